The standard InChI is InChI=1S/C19H24N2O3/c1-19(20,14-22)18(23)21-16-9-11-17(12-10-16)24-13-5-8-15-6-3-2-4-7-15/h2-4,6-7,9-12,22H,5,8,13-14,20H2,1H3,(H,21,23)/t19-/m0/s1. The molecule has 0 aliphatic heterocycles. The molecule has 0 saturated heterocycles. The molecule has 2 aromatic rings. The van der Waals surface area contributed by atoms with Crippen LogP contribution in [0.2, 0.25) is 0 Å². The first-order valence-corrected chi connectivity index (χ1v) is 7.99. The van der Waals surface area contributed by atoms with Crippen molar-refractivity contribution in [2.24, 2.45) is 5.73 Å². The summed E-state index contributed by atoms with van der Waals surface area (Å²) < 4.78 is 5.70. The van der Waals surface area contributed by atoms with Crippen LogP contribution in [0, 0.1) is 0 Å². The maximum absolute atomic E-state index is 11.9. The van der Waals surface area contributed by atoms with Gasteiger partial charge in [-0.15, -0.1) is 0 Å². The van der Waals surface area contributed by atoms with Crippen LogP contribution >= 0.6 is 0 Å². The highest BCUT2D eigenvalue weighted by molar-refractivity contribution is 5.97. The van der Waals surface area contributed by atoms with Crippen LogP contribution in [0.5, 0.6) is 5.75 Å². The van der Waals surface area contributed by atoms with Gasteiger partial charge in [0.15, 0.2) is 0 Å². The van der Waals surface area contributed by atoms with Crippen LogP contribution < -0.4 is 15.8 Å². The van der Waals surface area contributed by atoms with E-state index in [1.807, 2.05) is 18.2 Å². The van der Waals surface area contributed by atoms with Gasteiger partial charge in [0, 0.05) is 5.69 Å². The molecule has 4 N–H and O–H groups in total. The molecule has 0 aliphatic rings. The van der Waals surface area contributed by atoms with Gasteiger partial charge in [-0.2, -0.15) is 0 Å². The summed E-state index contributed by atoms with van der Waals surface area (Å²) >= 11 is 0. The predicted octanol–water partition coefficient (Wildman–Crippen LogP) is 2.35. The van der Waals surface area contributed by atoms with Gasteiger partial charge in [0.05, 0.1) is 13.2 Å². The first-order chi connectivity index (χ1) is 11.5. The number of nitrogens with one attached hydrogen (secondary N) is 1. The number of amides is 1. The smallest absolute Gasteiger partial charge is 0.246 e. The Morgan fingerprint density at radius 3 is 2.46 bits per heavy atom. The maximum atomic E-state index is 11.9. The van der Waals surface area contributed by atoms with Gasteiger partial charge in [-0.05, 0) is 49.6 Å². The number of hydrogen-bond acceptors (Lipinski definition) is 4. The Balaban J connectivity index is 1.77. The molecule has 0 bridgehead atoms. The second-order valence-corrected chi connectivity index (χ2v) is 5.99. The number of nitrogens with two attached hydrogens (primary N) is 1. The highest BCUT2D eigenvalue weighted by Gasteiger charge is 2.27. The number of aliphatic hydroxyl groups excluding tert-OH is 1. The molecule has 2 aromatic carbocycles. The first-order valence-electron chi connectivity index (χ1n) is 7.99. The molecule has 2 rings (SSSR count). The minimum atomic E-state index is -1.30. The minimum absolute atomic E-state index is 0.415. The highest BCUT2D eigenvalue weighted by Crippen LogP contribution is 2.17. The molecule has 0 heterocycles. The number of rotatable bonds is 8. The number of benzene rings is 2. The lowest BCUT2D eigenvalue weighted by Gasteiger charge is -2.20. The lowest BCUT2D eigenvalue weighted by Crippen LogP contribution is -2.51. The maximum Gasteiger partial charge on any atom is 0.246 e. The monoisotopic (exact) mass is 328 g/mol. The molecule has 0 fully saturated rings. The summed E-state index contributed by atoms with van der Waals surface area (Å²) in [7, 11) is 0. The molecule has 0 aromatic heterocycles. The fourth-order valence-electron chi connectivity index (χ4n) is 2.09. The summed E-state index contributed by atoms with van der Waals surface area (Å²) in [5.74, 6) is 0.320. The van der Waals surface area contributed by atoms with Crippen LogP contribution in [0.3, 0.4) is 0 Å². The Morgan fingerprint density at radius 2 is 1.83 bits per heavy atom. The van der Waals surface area contributed by atoms with Crippen molar-refractivity contribution in [3.05, 3.63) is 60.2 Å². The van der Waals surface area contributed by atoms with E-state index in [1.54, 1.807) is 24.3 Å². The third-order valence-corrected chi connectivity index (χ3v) is 3.68. The van der Waals surface area contributed by atoms with Gasteiger partial charge in [-0.3, -0.25) is 4.79 Å². The molecular formula is C19H24N2O3. The topological polar surface area (TPSA) is 84.6 Å². The average Bonchev–Trinajstić information content (AvgIpc) is 2.61. The van der Waals surface area contributed by atoms with E-state index in [-0.39, 0.29) is 0 Å². The SMILES string of the molecule is C[C@](N)(CO)C(=O)Nc1ccc(OCCCc2ccccc2)cc1. The van der Waals surface area contributed by atoms with Crippen molar-refractivity contribution in [2.45, 2.75) is 25.3 Å². The largest absolute Gasteiger partial charge is 0.494 e. The van der Waals surface area contributed by atoms with E-state index in [4.69, 9.17) is 15.6 Å². The van der Waals surface area contributed by atoms with Crippen LogP contribution in [0.1, 0.15) is 18.9 Å². The molecule has 0 saturated carbocycles. The zero-order valence-electron chi connectivity index (χ0n) is 13.9. The van der Waals surface area contributed by atoms with Crippen molar-refractivity contribution in [3.63, 3.8) is 0 Å². The van der Waals surface area contributed by atoms with E-state index in [2.05, 4.69) is 17.4 Å². The van der Waals surface area contributed by atoms with Crippen LogP contribution in [0.4, 0.5) is 5.69 Å². The lowest BCUT2D eigenvalue weighted by molar-refractivity contribution is -0.121. The van der Waals surface area contributed by atoms with Crippen LogP contribution in [-0.4, -0.2) is 29.8 Å². The highest BCUT2D eigenvalue weighted by atomic mass is 16.5. The second-order valence-electron chi connectivity index (χ2n) is 5.99. The molecule has 0 spiro atoms. The molecule has 0 aliphatic carbocycles. The normalized spacial score (nSPS) is 13.1. The quantitative estimate of drug-likeness (QED) is 0.649. The Kier molecular flexibility index (Phi) is 6.35. The molecule has 1 atom stereocenters. The molecule has 1 amide bonds. The number of aliphatic hydroxyl groups is 1. The van der Waals surface area contributed by atoms with Gasteiger partial charge in [0.2, 0.25) is 5.91 Å². The Hall–Kier alpha value is -2.37. The van der Waals surface area contributed by atoms with Crippen molar-refractivity contribution >= 4 is 11.6 Å². The summed E-state index contributed by atoms with van der Waals surface area (Å²) in [4.78, 5) is 11.9. The van der Waals surface area contributed by atoms with Crippen LogP contribution in [-0.2, 0) is 11.2 Å². The predicted molar refractivity (Wildman–Crippen MR) is 95.0 cm³/mol. The molecule has 128 valence electrons. The summed E-state index contributed by atoms with van der Waals surface area (Å²) in [5.41, 5.74) is 6.29. The van der Waals surface area contributed by atoms with Gasteiger partial charge < -0.3 is 20.9 Å². The molecule has 5 heteroatoms. The van der Waals surface area contributed by atoms with Gasteiger partial charge >= 0.3 is 0 Å². The van der Waals surface area contributed by atoms with Gasteiger partial charge in [0.1, 0.15) is 11.3 Å². The summed E-state index contributed by atoms with van der Waals surface area (Å²) in [6.07, 6.45) is 1.91. The fourth-order valence-corrected chi connectivity index (χ4v) is 2.09. The number of carbonyl (C=O) groups is 1. The number of carbonyl (C=O) groups excluding carboxylic acids is 1. The summed E-state index contributed by atoms with van der Waals surface area (Å²) in [5, 5.41) is 11.8. The van der Waals surface area contributed by atoms with Gasteiger partial charge in [-0.25, -0.2) is 0 Å². The minimum Gasteiger partial charge on any atom is -0.494 e. The third-order valence-electron chi connectivity index (χ3n) is 3.68. The van der Waals surface area contributed by atoms with E-state index in [9.17, 15) is 4.79 Å². The average molecular weight is 328 g/mol. The van der Waals surface area contributed by atoms with Crippen molar-refractivity contribution < 1.29 is 14.6 Å². The number of anilines is 1. The first kappa shape index (κ1) is 18.0. The van der Waals surface area contributed by atoms with Crippen molar-refractivity contribution in [1.29, 1.82) is 0 Å². The lowest BCUT2D eigenvalue weighted by atomic mass is 10.0. The zero-order chi connectivity index (χ0) is 17.4. The van der Waals surface area contributed by atoms with E-state index in [0.717, 1.165) is 18.6 Å². The Morgan fingerprint density at radius 1 is 1.17 bits per heavy atom. The van der Waals surface area contributed by atoms with E-state index in [1.165, 1.54) is 12.5 Å². The van der Waals surface area contributed by atoms with Crippen molar-refractivity contribution in [1.82, 2.24) is 0 Å². The molecule has 5 nitrogen and oxygen atoms in total. The third kappa shape index (κ3) is 5.37. The number of aryl methyl sites for hydroxylation is 1. The Bertz CT molecular complexity index is 639. The summed E-state index contributed by atoms with van der Waals surface area (Å²) in [6, 6.07) is 17.4. The molecule has 0 radical (unpaired) electrons. The summed E-state index contributed by atoms with van der Waals surface area (Å²) in [6.45, 7) is 1.69. The Labute approximate surface area is 142 Å². The zero-order valence-corrected chi connectivity index (χ0v) is 13.9. The van der Waals surface area contributed by atoms with E-state index >= 15 is 0 Å². The molecule has 0 unspecified atom stereocenters. The number of ether oxygens (including phenoxy) is 1. The van der Waals surface area contributed by atoms with Crippen molar-refractivity contribution in [2.75, 3.05) is 18.5 Å². The van der Waals surface area contributed by atoms with Crippen LogP contribution in [0.25, 0.3) is 0 Å². The van der Waals surface area contributed by atoms with Crippen LogP contribution in [0.15, 0.2) is 54.6 Å². The number of hydrogen-bond donors (Lipinski definition) is 3. The van der Waals surface area contributed by atoms with Gasteiger partial charge in [0.25, 0.3) is 0 Å². The van der Waals surface area contributed by atoms with E-state index < -0.39 is 18.1 Å². The fraction of sp³-hybridized carbons (Fsp3) is 0.316. The van der Waals surface area contributed by atoms with Crippen molar-refractivity contribution in [3.8, 4) is 5.75 Å². The van der Waals surface area contributed by atoms with Gasteiger partial charge in [-0.1, -0.05) is 30.3 Å². The molecular weight excluding hydrogens is 304 g/mol. The van der Waals surface area contributed by atoms with E-state index in [0.29, 0.717) is 12.3 Å². The molecule has 24 heavy (non-hydrogen) atoms. The second kappa shape index (κ2) is 8.47.